The summed E-state index contributed by atoms with van der Waals surface area (Å²) in [6.45, 7) is 4.68. The van der Waals surface area contributed by atoms with Gasteiger partial charge in [-0.3, -0.25) is 0 Å². The Morgan fingerprint density at radius 3 is 2.58 bits per heavy atom. The van der Waals surface area contributed by atoms with Crippen molar-refractivity contribution in [2.75, 3.05) is 17.7 Å². The molecule has 0 saturated carbocycles. The minimum absolute atomic E-state index is 0.556. The summed E-state index contributed by atoms with van der Waals surface area (Å²) in [6, 6.07) is 13.9. The smallest absolute Gasteiger partial charge is 0.224 e. The predicted molar refractivity (Wildman–Crippen MR) is 107 cm³/mol. The largest absolute Gasteiger partial charge is 0.495 e. The molecule has 2 N–H and O–H groups in total. The normalized spacial score (nSPS) is 10.5. The van der Waals surface area contributed by atoms with Crippen LogP contribution < -0.4 is 15.4 Å². The molecule has 0 aliphatic carbocycles. The number of hydrogen-bond donors (Lipinski definition) is 2. The highest BCUT2D eigenvalue weighted by Gasteiger charge is 2.08. The van der Waals surface area contributed by atoms with Gasteiger partial charge in [-0.2, -0.15) is 4.98 Å². The van der Waals surface area contributed by atoms with Crippen LogP contribution in [-0.2, 0) is 6.54 Å². The maximum Gasteiger partial charge on any atom is 0.224 e. The first-order valence-electron chi connectivity index (χ1n) is 8.29. The summed E-state index contributed by atoms with van der Waals surface area (Å²) in [7, 11) is 1.61. The molecular formula is C20H21ClN4O. The summed E-state index contributed by atoms with van der Waals surface area (Å²) < 4.78 is 5.39. The van der Waals surface area contributed by atoms with Crippen LogP contribution in [0.1, 0.15) is 16.7 Å². The van der Waals surface area contributed by atoms with Gasteiger partial charge in [0.15, 0.2) is 0 Å². The van der Waals surface area contributed by atoms with Gasteiger partial charge in [-0.25, -0.2) is 4.98 Å². The van der Waals surface area contributed by atoms with E-state index < -0.39 is 0 Å². The van der Waals surface area contributed by atoms with Crippen LogP contribution in [-0.4, -0.2) is 17.1 Å². The molecule has 0 aliphatic rings. The zero-order valence-corrected chi connectivity index (χ0v) is 15.8. The van der Waals surface area contributed by atoms with Crippen LogP contribution in [0.4, 0.5) is 17.5 Å². The first-order chi connectivity index (χ1) is 12.5. The Morgan fingerprint density at radius 2 is 1.85 bits per heavy atom. The van der Waals surface area contributed by atoms with Crippen LogP contribution in [0.5, 0.6) is 5.75 Å². The van der Waals surface area contributed by atoms with Gasteiger partial charge in [-0.15, -0.1) is 0 Å². The fourth-order valence-electron chi connectivity index (χ4n) is 2.47. The molecule has 0 radical (unpaired) electrons. The van der Waals surface area contributed by atoms with Crippen molar-refractivity contribution >= 4 is 29.1 Å². The number of hydrogen-bond acceptors (Lipinski definition) is 5. The Bertz CT molecular complexity index is 897. The minimum Gasteiger partial charge on any atom is -0.495 e. The zero-order valence-electron chi connectivity index (χ0n) is 15.0. The monoisotopic (exact) mass is 368 g/mol. The first-order valence-corrected chi connectivity index (χ1v) is 8.66. The maximum atomic E-state index is 6.16. The second-order valence-corrected chi connectivity index (χ2v) is 6.44. The average Bonchev–Trinajstić information content (AvgIpc) is 2.64. The van der Waals surface area contributed by atoms with E-state index in [1.807, 2.05) is 13.0 Å². The van der Waals surface area contributed by atoms with Gasteiger partial charge in [0, 0.05) is 23.8 Å². The van der Waals surface area contributed by atoms with Crippen molar-refractivity contribution in [2.45, 2.75) is 20.4 Å². The van der Waals surface area contributed by atoms with Gasteiger partial charge < -0.3 is 15.4 Å². The van der Waals surface area contributed by atoms with Gasteiger partial charge in [-0.1, -0.05) is 41.4 Å². The summed E-state index contributed by atoms with van der Waals surface area (Å²) in [4.78, 5) is 8.78. The number of aryl methyl sites for hydroxylation is 2. The third kappa shape index (κ3) is 4.43. The summed E-state index contributed by atoms with van der Waals surface area (Å²) in [6.07, 6.45) is 1.71. The standard InChI is InChI=1S/C20H21ClN4O/c1-13-4-6-15(7-5-13)12-23-20-22-9-8-19(25-20)24-17-10-14(2)16(21)11-18(17)26-3/h4-11H,12H2,1-3H3,(H2,22,23,24,25). The zero-order chi connectivity index (χ0) is 18.5. The molecule has 0 fully saturated rings. The lowest BCUT2D eigenvalue weighted by molar-refractivity contribution is 0.416. The van der Waals surface area contributed by atoms with Crippen molar-refractivity contribution in [1.82, 2.24) is 9.97 Å². The topological polar surface area (TPSA) is 59.1 Å². The lowest BCUT2D eigenvalue weighted by Gasteiger charge is -2.13. The number of halogens is 1. The third-order valence-corrected chi connectivity index (χ3v) is 4.38. The molecule has 0 unspecified atom stereocenters. The quantitative estimate of drug-likeness (QED) is 0.633. The lowest BCUT2D eigenvalue weighted by atomic mass is 10.1. The lowest BCUT2D eigenvalue weighted by Crippen LogP contribution is -2.05. The number of ether oxygens (including phenoxy) is 1. The van der Waals surface area contributed by atoms with Gasteiger partial charge in [0.1, 0.15) is 11.6 Å². The van der Waals surface area contributed by atoms with E-state index >= 15 is 0 Å². The van der Waals surface area contributed by atoms with E-state index in [1.165, 1.54) is 11.1 Å². The molecule has 0 aliphatic heterocycles. The molecule has 3 rings (SSSR count). The van der Waals surface area contributed by atoms with E-state index in [2.05, 4.69) is 51.8 Å². The molecular weight excluding hydrogens is 348 g/mol. The molecule has 0 spiro atoms. The third-order valence-electron chi connectivity index (χ3n) is 3.97. The highest BCUT2D eigenvalue weighted by molar-refractivity contribution is 6.31. The van der Waals surface area contributed by atoms with Crippen molar-refractivity contribution < 1.29 is 4.74 Å². The number of benzene rings is 2. The van der Waals surface area contributed by atoms with Crippen LogP contribution in [0.15, 0.2) is 48.7 Å². The fraction of sp³-hybridized carbons (Fsp3) is 0.200. The minimum atomic E-state index is 0.556. The molecule has 1 heterocycles. The molecule has 3 aromatic rings. The number of anilines is 3. The van der Waals surface area contributed by atoms with Crippen LogP contribution in [0, 0.1) is 13.8 Å². The van der Waals surface area contributed by atoms with E-state index in [0.29, 0.717) is 29.1 Å². The molecule has 0 bridgehead atoms. The summed E-state index contributed by atoms with van der Waals surface area (Å²) in [5.41, 5.74) is 4.18. The fourth-order valence-corrected chi connectivity index (χ4v) is 2.62. The van der Waals surface area contributed by atoms with E-state index in [-0.39, 0.29) is 0 Å². The number of rotatable bonds is 6. The summed E-state index contributed by atoms with van der Waals surface area (Å²) in [5, 5.41) is 7.17. The van der Waals surface area contributed by atoms with Crippen molar-refractivity contribution in [3.8, 4) is 5.75 Å². The Hall–Kier alpha value is -2.79. The van der Waals surface area contributed by atoms with E-state index in [4.69, 9.17) is 16.3 Å². The van der Waals surface area contributed by atoms with Crippen molar-refractivity contribution in [3.63, 3.8) is 0 Å². The van der Waals surface area contributed by atoms with Gasteiger partial charge in [0.2, 0.25) is 5.95 Å². The molecule has 26 heavy (non-hydrogen) atoms. The van der Waals surface area contributed by atoms with Gasteiger partial charge in [0.05, 0.1) is 12.8 Å². The molecule has 2 aromatic carbocycles. The molecule has 1 aromatic heterocycles. The molecule has 0 saturated heterocycles. The van der Waals surface area contributed by atoms with Crippen molar-refractivity contribution in [1.29, 1.82) is 0 Å². The molecule has 5 nitrogen and oxygen atoms in total. The molecule has 0 atom stereocenters. The summed E-state index contributed by atoms with van der Waals surface area (Å²) >= 11 is 6.16. The molecule has 6 heteroatoms. The predicted octanol–water partition coefficient (Wildman–Crippen LogP) is 5.11. The highest BCUT2D eigenvalue weighted by atomic mass is 35.5. The Balaban J connectivity index is 1.73. The van der Waals surface area contributed by atoms with E-state index in [1.54, 1.807) is 25.4 Å². The molecule has 134 valence electrons. The van der Waals surface area contributed by atoms with Crippen molar-refractivity contribution in [3.05, 3.63) is 70.4 Å². The van der Waals surface area contributed by atoms with Crippen LogP contribution >= 0.6 is 11.6 Å². The Labute approximate surface area is 158 Å². The maximum absolute atomic E-state index is 6.16. The van der Waals surface area contributed by atoms with Gasteiger partial charge >= 0.3 is 0 Å². The van der Waals surface area contributed by atoms with Crippen LogP contribution in [0.25, 0.3) is 0 Å². The number of aromatic nitrogens is 2. The van der Waals surface area contributed by atoms with Gasteiger partial charge in [-0.05, 0) is 37.1 Å². The van der Waals surface area contributed by atoms with Crippen LogP contribution in [0.2, 0.25) is 5.02 Å². The molecule has 0 amide bonds. The van der Waals surface area contributed by atoms with Crippen LogP contribution in [0.3, 0.4) is 0 Å². The Kier molecular flexibility index (Phi) is 5.58. The van der Waals surface area contributed by atoms with E-state index in [0.717, 1.165) is 11.3 Å². The number of methoxy groups -OCH3 is 1. The van der Waals surface area contributed by atoms with E-state index in [9.17, 15) is 0 Å². The number of nitrogens with zero attached hydrogens (tertiary/aromatic N) is 2. The highest BCUT2D eigenvalue weighted by Crippen LogP contribution is 2.32. The summed E-state index contributed by atoms with van der Waals surface area (Å²) in [5.74, 6) is 1.89. The average molecular weight is 369 g/mol. The second-order valence-electron chi connectivity index (χ2n) is 6.03. The van der Waals surface area contributed by atoms with Gasteiger partial charge in [0.25, 0.3) is 0 Å². The number of nitrogens with one attached hydrogen (secondary N) is 2. The van der Waals surface area contributed by atoms with Crippen molar-refractivity contribution in [2.24, 2.45) is 0 Å². The second kappa shape index (κ2) is 8.06. The Morgan fingerprint density at radius 1 is 1.08 bits per heavy atom. The first kappa shape index (κ1) is 18.0. The SMILES string of the molecule is COc1cc(Cl)c(C)cc1Nc1ccnc(NCc2ccc(C)cc2)n1.